The molecule has 2 rings (SSSR count). The topological polar surface area (TPSA) is 15.3 Å². The van der Waals surface area contributed by atoms with Gasteiger partial charge in [-0.2, -0.15) is 0 Å². The molecule has 1 aromatic rings. The molecule has 1 atom stereocenters. The van der Waals surface area contributed by atoms with Crippen LogP contribution < -0.4 is 10.2 Å². The molecule has 2 nitrogen and oxygen atoms in total. The Morgan fingerprint density at radius 1 is 1.17 bits per heavy atom. The van der Waals surface area contributed by atoms with Crippen molar-refractivity contribution in [3.8, 4) is 0 Å². The quantitative estimate of drug-likeness (QED) is 0.875. The zero-order valence-electron chi connectivity index (χ0n) is 11.9. The fourth-order valence-corrected chi connectivity index (χ4v) is 2.67. The summed E-state index contributed by atoms with van der Waals surface area (Å²) in [4.78, 5) is 2.58. The van der Waals surface area contributed by atoms with Crippen LogP contribution in [0.15, 0.2) is 24.3 Å². The van der Waals surface area contributed by atoms with Crippen LogP contribution >= 0.6 is 0 Å². The Hall–Kier alpha value is -1.02. The first-order valence-corrected chi connectivity index (χ1v) is 7.23. The minimum absolute atomic E-state index is 0.633. The van der Waals surface area contributed by atoms with Gasteiger partial charge in [-0.3, -0.25) is 0 Å². The zero-order valence-corrected chi connectivity index (χ0v) is 11.9. The summed E-state index contributed by atoms with van der Waals surface area (Å²) in [5.41, 5.74) is 2.87. The van der Waals surface area contributed by atoms with Gasteiger partial charge in [-0.15, -0.1) is 0 Å². The molecule has 1 aliphatic heterocycles. The number of fused-ring (bicyclic) bond motifs is 1. The summed E-state index contributed by atoms with van der Waals surface area (Å²) in [5, 5.41) is 3.51. The first kappa shape index (κ1) is 13.4. The number of hydrogen-bond donors (Lipinski definition) is 1. The van der Waals surface area contributed by atoms with E-state index in [9.17, 15) is 0 Å². The summed E-state index contributed by atoms with van der Waals surface area (Å²) in [6.07, 6.45) is 2.60. The molecule has 0 aliphatic carbocycles. The van der Waals surface area contributed by atoms with Gasteiger partial charge < -0.3 is 10.2 Å². The standard InChI is InChI=1S/C16H26N2/c1-13(2)8-9-14(3)18-11-10-17-12-15-6-4-5-7-16(15)18/h4-7,13-14,17H,8-12H2,1-3H3. The number of anilines is 1. The van der Waals surface area contributed by atoms with Crippen molar-refractivity contribution in [1.29, 1.82) is 0 Å². The van der Waals surface area contributed by atoms with Gasteiger partial charge in [0.1, 0.15) is 0 Å². The average Bonchev–Trinajstić information content (AvgIpc) is 2.58. The lowest BCUT2D eigenvalue weighted by Gasteiger charge is -2.31. The molecule has 1 aliphatic rings. The van der Waals surface area contributed by atoms with Crippen LogP contribution in [0.5, 0.6) is 0 Å². The van der Waals surface area contributed by atoms with Gasteiger partial charge in [-0.25, -0.2) is 0 Å². The molecule has 0 bridgehead atoms. The second-order valence-electron chi connectivity index (χ2n) is 5.82. The molecule has 0 saturated heterocycles. The maximum atomic E-state index is 3.51. The molecule has 2 heteroatoms. The first-order valence-electron chi connectivity index (χ1n) is 7.23. The normalized spacial score (nSPS) is 17.4. The maximum absolute atomic E-state index is 3.51. The maximum Gasteiger partial charge on any atom is 0.0414 e. The molecule has 0 radical (unpaired) electrons. The molecule has 1 N–H and O–H groups in total. The van der Waals surface area contributed by atoms with E-state index in [1.54, 1.807) is 0 Å². The second kappa shape index (κ2) is 6.24. The molecule has 0 amide bonds. The van der Waals surface area contributed by atoms with Gasteiger partial charge in [0.05, 0.1) is 0 Å². The van der Waals surface area contributed by atoms with Crippen molar-refractivity contribution >= 4 is 5.69 Å². The second-order valence-corrected chi connectivity index (χ2v) is 5.82. The lowest BCUT2D eigenvalue weighted by Crippen LogP contribution is -2.36. The van der Waals surface area contributed by atoms with Crippen molar-refractivity contribution in [3.63, 3.8) is 0 Å². The highest BCUT2D eigenvalue weighted by Crippen LogP contribution is 2.25. The number of benzene rings is 1. The fourth-order valence-electron chi connectivity index (χ4n) is 2.67. The molecule has 0 aromatic heterocycles. The van der Waals surface area contributed by atoms with Gasteiger partial charge in [0.15, 0.2) is 0 Å². The summed E-state index contributed by atoms with van der Waals surface area (Å²) < 4.78 is 0. The first-order chi connectivity index (χ1) is 8.68. The summed E-state index contributed by atoms with van der Waals surface area (Å²) in [5.74, 6) is 0.799. The van der Waals surface area contributed by atoms with Gasteiger partial charge in [-0.05, 0) is 37.3 Å². The van der Waals surface area contributed by atoms with Crippen molar-refractivity contribution in [2.24, 2.45) is 5.92 Å². The lowest BCUT2D eigenvalue weighted by molar-refractivity contribution is 0.490. The molecule has 1 aromatic carbocycles. The largest absolute Gasteiger partial charge is 0.367 e. The molecule has 0 fully saturated rings. The van der Waals surface area contributed by atoms with Crippen LogP contribution in [-0.4, -0.2) is 19.1 Å². The number of nitrogens with zero attached hydrogens (tertiary/aromatic N) is 1. The fraction of sp³-hybridized carbons (Fsp3) is 0.625. The Morgan fingerprint density at radius 2 is 1.94 bits per heavy atom. The van der Waals surface area contributed by atoms with E-state index in [-0.39, 0.29) is 0 Å². The van der Waals surface area contributed by atoms with E-state index in [2.05, 4.69) is 55.3 Å². The monoisotopic (exact) mass is 246 g/mol. The number of hydrogen-bond acceptors (Lipinski definition) is 2. The third kappa shape index (κ3) is 3.26. The number of rotatable bonds is 4. The number of nitrogens with one attached hydrogen (secondary N) is 1. The van der Waals surface area contributed by atoms with E-state index in [0.29, 0.717) is 6.04 Å². The molecular weight excluding hydrogens is 220 g/mol. The van der Waals surface area contributed by atoms with Crippen LogP contribution in [0.25, 0.3) is 0 Å². The van der Waals surface area contributed by atoms with Gasteiger partial charge >= 0.3 is 0 Å². The van der Waals surface area contributed by atoms with Gasteiger partial charge in [-0.1, -0.05) is 32.0 Å². The Bertz CT molecular complexity index is 373. The SMILES string of the molecule is CC(C)CCC(C)N1CCNCc2ccccc21. The highest BCUT2D eigenvalue weighted by atomic mass is 15.2. The molecule has 18 heavy (non-hydrogen) atoms. The molecule has 1 unspecified atom stereocenters. The zero-order chi connectivity index (χ0) is 13.0. The van der Waals surface area contributed by atoms with Crippen molar-refractivity contribution in [1.82, 2.24) is 5.32 Å². The van der Waals surface area contributed by atoms with Crippen molar-refractivity contribution < 1.29 is 0 Å². The third-order valence-corrected chi connectivity index (χ3v) is 3.84. The summed E-state index contributed by atoms with van der Waals surface area (Å²) >= 11 is 0. The highest BCUT2D eigenvalue weighted by Gasteiger charge is 2.19. The lowest BCUT2D eigenvalue weighted by atomic mass is 10.0. The van der Waals surface area contributed by atoms with Crippen LogP contribution in [0.4, 0.5) is 5.69 Å². The van der Waals surface area contributed by atoms with E-state index in [1.165, 1.54) is 24.1 Å². The van der Waals surface area contributed by atoms with Crippen LogP contribution in [-0.2, 0) is 6.54 Å². The van der Waals surface area contributed by atoms with Crippen molar-refractivity contribution in [3.05, 3.63) is 29.8 Å². The van der Waals surface area contributed by atoms with E-state index >= 15 is 0 Å². The average molecular weight is 246 g/mol. The molecule has 1 heterocycles. The Balaban J connectivity index is 2.12. The van der Waals surface area contributed by atoms with E-state index in [1.807, 2.05) is 0 Å². The van der Waals surface area contributed by atoms with Crippen LogP contribution in [0.3, 0.4) is 0 Å². The van der Waals surface area contributed by atoms with Gasteiger partial charge in [0.25, 0.3) is 0 Å². The summed E-state index contributed by atoms with van der Waals surface area (Å²) in [6, 6.07) is 9.45. The highest BCUT2D eigenvalue weighted by molar-refractivity contribution is 5.55. The van der Waals surface area contributed by atoms with Gasteiger partial charge in [0.2, 0.25) is 0 Å². The third-order valence-electron chi connectivity index (χ3n) is 3.84. The minimum Gasteiger partial charge on any atom is -0.367 e. The predicted octanol–water partition coefficient (Wildman–Crippen LogP) is 3.42. The predicted molar refractivity (Wildman–Crippen MR) is 79.0 cm³/mol. The molecule has 0 spiro atoms. The number of para-hydroxylation sites is 1. The Kier molecular flexibility index (Phi) is 4.65. The van der Waals surface area contributed by atoms with E-state index < -0.39 is 0 Å². The van der Waals surface area contributed by atoms with Crippen molar-refractivity contribution in [2.45, 2.75) is 46.2 Å². The smallest absolute Gasteiger partial charge is 0.0414 e. The van der Waals surface area contributed by atoms with Crippen LogP contribution in [0.2, 0.25) is 0 Å². The molecular formula is C16H26N2. The summed E-state index contributed by atoms with van der Waals surface area (Å²) in [6.45, 7) is 10.2. The van der Waals surface area contributed by atoms with Gasteiger partial charge in [0, 0.05) is 31.4 Å². The molecule has 0 saturated carbocycles. The van der Waals surface area contributed by atoms with E-state index in [4.69, 9.17) is 0 Å². The van der Waals surface area contributed by atoms with Crippen molar-refractivity contribution in [2.75, 3.05) is 18.0 Å². The summed E-state index contributed by atoms with van der Waals surface area (Å²) in [7, 11) is 0. The van der Waals surface area contributed by atoms with Crippen LogP contribution in [0, 0.1) is 5.92 Å². The Labute approximate surface area is 111 Å². The van der Waals surface area contributed by atoms with Crippen LogP contribution in [0.1, 0.15) is 39.2 Å². The minimum atomic E-state index is 0.633. The van der Waals surface area contributed by atoms with E-state index in [0.717, 1.165) is 25.6 Å². The Morgan fingerprint density at radius 3 is 2.72 bits per heavy atom. The molecule has 100 valence electrons.